The van der Waals surface area contributed by atoms with Crippen molar-refractivity contribution in [2.24, 2.45) is 0 Å². The fourth-order valence-electron chi connectivity index (χ4n) is 2.51. The summed E-state index contributed by atoms with van der Waals surface area (Å²) >= 11 is 0. The van der Waals surface area contributed by atoms with Crippen LogP contribution in [0.5, 0.6) is 28.7 Å². The van der Waals surface area contributed by atoms with Gasteiger partial charge < -0.3 is 24.1 Å². The van der Waals surface area contributed by atoms with Crippen LogP contribution >= 0.6 is 0 Å². The van der Waals surface area contributed by atoms with Crippen molar-refractivity contribution in [3.8, 4) is 28.7 Å². The van der Waals surface area contributed by atoms with Crippen molar-refractivity contribution < 1.29 is 24.1 Å². The minimum atomic E-state index is 0.103. The molecule has 2 aromatic rings. The topological polar surface area (TPSA) is 57.2 Å². The van der Waals surface area contributed by atoms with Crippen molar-refractivity contribution in [3.63, 3.8) is 0 Å². The van der Waals surface area contributed by atoms with Crippen LogP contribution in [0.2, 0.25) is 0 Å². The van der Waals surface area contributed by atoms with Gasteiger partial charge in [0.15, 0.2) is 23.0 Å². The third-order valence-electron chi connectivity index (χ3n) is 3.60. The zero-order valence-electron chi connectivity index (χ0n) is 15.7. The van der Waals surface area contributed by atoms with E-state index < -0.39 is 0 Å². The average molecular weight is 358 g/mol. The second kappa shape index (κ2) is 9.61. The monoisotopic (exact) mass is 358 g/mol. The molecule has 0 bridgehead atoms. The Labute approximate surface area is 154 Å². The molecule has 140 valence electrons. The van der Waals surface area contributed by atoms with Gasteiger partial charge in [-0.15, -0.1) is 0 Å². The molecule has 0 aliphatic heterocycles. The highest BCUT2D eigenvalue weighted by Crippen LogP contribution is 2.39. The van der Waals surface area contributed by atoms with Crippen LogP contribution in [0, 0.1) is 0 Å². The summed E-state index contributed by atoms with van der Waals surface area (Å²) in [4.78, 5) is 0. The zero-order chi connectivity index (χ0) is 18.9. The standard InChI is InChI=1S/C21H26O5/c1-5-24-19-13-16(14-20(25-6-2)21(19)26-7-3)9-8-15-10-11-18(23-4)17(22)12-15/h8-14,22H,5-7H2,1-4H3/b9-8-. The van der Waals surface area contributed by atoms with Crippen LogP contribution in [-0.2, 0) is 0 Å². The van der Waals surface area contributed by atoms with E-state index in [4.69, 9.17) is 18.9 Å². The van der Waals surface area contributed by atoms with Gasteiger partial charge in [-0.25, -0.2) is 0 Å². The molecule has 0 aliphatic carbocycles. The second-order valence-electron chi connectivity index (χ2n) is 5.41. The average Bonchev–Trinajstić information content (AvgIpc) is 2.63. The summed E-state index contributed by atoms with van der Waals surface area (Å²) in [5.41, 5.74) is 1.77. The highest BCUT2D eigenvalue weighted by Gasteiger charge is 2.14. The van der Waals surface area contributed by atoms with E-state index in [1.807, 2.05) is 51.1 Å². The molecule has 2 aromatic carbocycles. The molecule has 0 heterocycles. The van der Waals surface area contributed by atoms with Gasteiger partial charge in [0.2, 0.25) is 5.75 Å². The quantitative estimate of drug-likeness (QED) is 0.655. The van der Waals surface area contributed by atoms with Crippen molar-refractivity contribution in [1.29, 1.82) is 0 Å². The van der Waals surface area contributed by atoms with Crippen LogP contribution in [0.25, 0.3) is 12.2 Å². The van der Waals surface area contributed by atoms with E-state index in [-0.39, 0.29) is 5.75 Å². The van der Waals surface area contributed by atoms with Gasteiger partial charge >= 0.3 is 0 Å². The lowest BCUT2D eigenvalue weighted by atomic mass is 10.1. The summed E-state index contributed by atoms with van der Waals surface area (Å²) in [7, 11) is 1.52. The van der Waals surface area contributed by atoms with E-state index in [1.54, 1.807) is 12.1 Å². The van der Waals surface area contributed by atoms with Gasteiger partial charge in [0.25, 0.3) is 0 Å². The summed E-state index contributed by atoms with van der Waals surface area (Å²) < 4.78 is 22.2. The maximum absolute atomic E-state index is 9.90. The summed E-state index contributed by atoms with van der Waals surface area (Å²) in [6.45, 7) is 7.38. The number of phenolic OH excluding ortho intramolecular Hbond substituents is 1. The van der Waals surface area contributed by atoms with Crippen LogP contribution < -0.4 is 18.9 Å². The lowest BCUT2D eigenvalue weighted by Gasteiger charge is -2.16. The van der Waals surface area contributed by atoms with E-state index in [0.717, 1.165) is 11.1 Å². The molecule has 2 rings (SSSR count). The van der Waals surface area contributed by atoms with E-state index in [0.29, 0.717) is 42.8 Å². The molecule has 0 atom stereocenters. The molecule has 0 aliphatic rings. The number of aromatic hydroxyl groups is 1. The summed E-state index contributed by atoms with van der Waals surface area (Å²) in [6.07, 6.45) is 3.84. The molecule has 26 heavy (non-hydrogen) atoms. The highest BCUT2D eigenvalue weighted by molar-refractivity contribution is 5.73. The first-order valence-electron chi connectivity index (χ1n) is 8.74. The van der Waals surface area contributed by atoms with Gasteiger partial charge in [-0.05, 0) is 56.2 Å². The maximum atomic E-state index is 9.90. The molecule has 0 amide bonds. The molecule has 0 fully saturated rings. The van der Waals surface area contributed by atoms with Crippen LogP contribution in [0.15, 0.2) is 30.3 Å². The van der Waals surface area contributed by atoms with E-state index in [9.17, 15) is 5.11 Å². The predicted octanol–water partition coefficient (Wildman–Crippen LogP) is 4.77. The Morgan fingerprint density at radius 2 is 1.35 bits per heavy atom. The molecule has 0 saturated heterocycles. The van der Waals surface area contributed by atoms with E-state index in [1.165, 1.54) is 7.11 Å². The van der Waals surface area contributed by atoms with Crippen molar-refractivity contribution >= 4 is 12.2 Å². The highest BCUT2D eigenvalue weighted by atomic mass is 16.5. The SMILES string of the molecule is CCOc1cc(/C=C\c2ccc(OC)c(O)c2)cc(OCC)c1OCC. The lowest BCUT2D eigenvalue weighted by Crippen LogP contribution is -2.02. The fraction of sp³-hybridized carbons (Fsp3) is 0.333. The Kier molecular flexibility index (Phi) is 7.21. The first-order valence-corrected chi connectivity index (χ1v) is 8.74. The van der Waals surface area contributed by atoms with Crippen LogP contribution in [0.4, 0.5) is 0 Å². The summed E-state index contributed by atoms with van der Waals surface area (Å²) in [5, 5.41) is 9.90. The number of methoxy groups -OCH3 is 1. The van der Waals surface area contributed by atoms with E-state index >= 15 is 0 Å². The van der Waals surface area contributed by atoms with Crippen molar-refractivity contribution in [3.05, 3.63) is 41.5 Å². The smallest absolute Gasteiger partial charge is 0.203 e. The first-order chi connectivity index (χ1) is 12.6. The van der Waals surface area contributed by atoms with Gasteiger partial charge in [0.1, 0.15) is 0 Å². The van der Waals surface area contributed by atoms with Crippen molar-refractivity contribution in [2.45, 2.75) is 20.8 Å². The largest absolute Gasteiger partial charge is 0.504 e. The Hall–Kier alpha value is -2.82. The van der Waals surface area contributed by atoms with Crippen LogP contribution in [0.3, 0.4) is 0 Å². The number of benzene rings is 2. The number of rotatable bonds is 9. The third kappa shape index (κ3) is 4.85. The Morgan fingerprint density at radius 1 is 0.769 bits per heavy atom. The van der Waals surface area contributed by atoms with Crippen molar-refractivity contribution in [2.75, 3.05) is 26.9 Å². The summed E-state index contributed by atoms with van der Waals surface area (Å²) in [6, 6.07) is 9.07. The van der Waals surface area contributed by atoms with Gasteiger partial charge in [-0.3, -0.25) is 0 Å². The zero-order valence-corrected chi connectivity index (χ0v) is 15.7. The minimum Gasteiger partial charge on any atom is -0.504 e. The van der Waals surface area contributed by atoms with Crippen LogP contribution in [0.1, 0.15) is 31.9 Å². The van der Waals surface area contributed by atoms with Crippen molar-refractivity contribution in [1.82, 2.24) is 0 Å². The second-order valence-corrected chi connectivity index (χ2v) is 5.41. The van der Waals surface area contributed by atoms with Crippen LogP contribution in [-0.4, -0.2) is 32.0 Å². The molecule has 5 nitrogen and oxygen atoms in total. The summed E-state index contributed by atoms with van der Waals surface area (Å²) in [5.74, 6) is 2.47. The molecular weight excluding hydrogens is 332 g/mol. The number of hydrogen-bond acceptors (Lipinski definition) is 5. The van der Waals surface area contributed by atoms with Gasteiger partial charge in [0.05, 0.1) is 26.9 Å². The molecule has 0 aromatic heterocycles. The molecule has 0 spiro atoms. The predicted molar refractivity (Wildman–Crippen MR) is 104 cm³/mol. The Balaban J connectivity index is 2.37. The van der Waals surface area contributed by atoms with Gasteiger partial charge in [0, 0.05) is 0 Å². The normalized spacial score (nSPS) is 10.8. The molecular formula is C21H26O5. The Morgan fingerprint density at radius 3 is 1.85 bits per heavy atom. The number of phenols is 1. The third-order valence-corrected chi connectivity index (χ3v) is 3.60. The Bertz CT molecular complexity index is 725. The maximum Gasteiger partial charge on any atom is 0.203 e. The number of ether oxygens (including phenoxy) is 4. The molecule has 0 unspecified atom stereocenters. The minimum absolute atomic E-state index is 0.103. The number of hydrogen-bond donors (Lipinski definition) is 1. The van der Waals surface area contributed by atoms with Gasteiger partial charge in [-0.1, -0.05) is 18.2 Å². The molecule has 1 N–H and O–H groups in total. The molecule has 5 heteroatoms. The van der Waals surface area contributed by atoms with E-state index in [2.05, 4.69) is 0 Å². The van der Waals surface area contributed by atoms with Gasteiger partial charge in [-0.2, -0.15) is 0 Å². The molecule has 0 radical (unpaired) electrons. The molecule has 0 saturated carbocycles. The lowest BCUT2D eigenvalue weighted by molar-refractivity contribution is 0.260. The fourth-order valence-corrected chi connectivity index (χ4v) is 2.51. The first kappa shape index (κ1) is 19.5.